The molecule has 0 saturated heterocycles. The summed E-state index contributed by atoms with van der Waals surface area (Å²) in [4.78, 5) is 11.9. The molecule has 0 radical (unpaired) electrons. The number of carbonyl (C=O) groups is 1. The van der Waals surface area contributed by atoms with Crippen molar-refractivity contribution < 1.29 is 4.79 Å². The molecule has 2 rings (SSSR count). The van der Waals surface area contributed by atoms with Crippen LogP contribution in [0.5, 0.6) is 0 Å². The van der Waals surface area contributed by atoms with Crippen molar-refractivity contribution in [3.63, 3.8) is 0 Å². The summed E-state index contributed by atoms with van der Waals surface area (Å²) in [7, 11) is 0. The Morgan fingerprint density at radius 2 is 1.73 bits per heavy atom. The van der Waals surface area contributed by atoms with Crippen LogP contribution in [0.1, 0.15) is 59.3 Å². The molecule has 0 spiro atoms. The largest absolute Gasteiger partial charge is 0.299 e. The predicted octanol–water partition coefficient (Wildman–Crippen LogP) is 3.82. The molecule has 3 atom stereocenters. The van der Waals surface area contributed by atoms with Crippen molar-refractivity contribution in [2.24, 2.45) is 23.2 Å². The standard InChI is InChI=1S/C14H24O/c1-14(2,3)12-8-9-13(15)11-7-5-4-6-10(11)12/h10-12H,4-9H2,1-3H3/t10-,11+,12-/m0/s1. The Morgan fingerprint density at radius 1 is 1.07 bits per heavy atom. The minimum absolute atomic E-state index is 0.390. The molecule has 2 aliphatic carbocycles. The van der Waals surface area contributed by atoms with Crippen LogP contribution in [0, 0.1) is 23.2 Å². The van der Waals surface area contributed by atoms with Gasteiger partial charge in [0.1, 0.15) is 5.78 Å². The molecule has 0 N–H and O–H groups in total. The Morgan fingerprint density at radius 3 is 2.40 bits per heavy atom. The molecular weight excluding hydrogens is 184 g/mol. The smallest absolute Gasteiger partial charge is 0.136 e. The fourth-order valence-electron chi connectivity index (χ4n) is 3.81. The molecule has 0 aromatic carbocycles. The first-order valence-electron chi connectivity index (χ1n) is 6.53. The Balaban J connectivity index is 2.17. The van der Waals surface area contributed by atoms with Gasteiger partial charge in [0, 0.05) is 12.3 Å². The van der Waals surface area contributed by atoms with Crippen molar-refractivity contribution in [2.75, 3.05) is 0 Å². The summed E-state index contributed by atoms with van der Waals surface area (Å²) in [6.45, 7) is 7.04. The predicted molar refractivity (Wildman–Crippen MR) is 62.6 cm³/mol. The van der Waals surface area contributed by atoms with Crippen LogP contribution in [0.25, 0.3) is 0 Å². The Kier molecular flexibility index (Phi) is 2.92. The van der Waals surface area contributed by atoms with Gasteiger partial charge in [-0.05, 0) is 36.5 Å². The molecule has 0 unspecified atom stereocenters. The number of hydrogen-bond acceptors (Lipinski definition) is 1. The summed E-state index contributed by atoms with van der Waals surface area (Å²) in [5, 5.41) is 0. The van der Waals surface area contributed by atoms with Crippen molar-refractivity contribution in [3.05, 3.63) is 0 Å². The second-order valence-corrected chi connectivity index (χ2v) is 6.53. The maximum atomic E-state index is 11.9. The van der Waals surface area contributed by atoms with E-state index in [9.17, 15) is 4.79 Å². The summed E-state index contributed by atoms with van der Waals surface area (Å²) in [5.74, 6) is 2.48. The van der Waals surface area contributed by atoms with Gasteiger partial charge in [0.2, 0.25) is 0 Å². The molecule has 2 aliphatic rings. The molecule has 0 heterocycles. The highest BCUT2D eigenvalue weighted by Crippen LogP contribution is 2.48. The van der Waals surface area contributed by atoms with Gasteiger partial charge >= 0.3 is 0 Å². The maximum absolute atomic E-state index is 11.9. The van der Waals surface area contributed by atoms with Crippen LogP contribution < -0.4 is 0 Å². The first-order valence-corrected chi connectivity index (χ1v) is 6.53. The fourth-order valence-corrected chi connectivity index (χ4v) is 3.81. The van der Waals surface area contributed by atoms with Crippen LogP contribution in [0.15, 0.2) is 0 Å². The van der Waals surface area contributed by atoms with Gasteiger partial charge in [-0.15, -0.1) is 0 Å². The maximum Gasteiger partial charge on any atom is 0.136 e. The molecule has 86 valence electrons. The van der Waals surface area contributed by atoms with E-state index in [1.807, 2.05) is 0 Å². The molecule has 1 heteroatoms. The van der Waals surface area contributed by atoms with Crippen molar-refractivity contribution in [1.82, 2.24) is 0 Å². The lowest BCUT2D eigenvalue weighted by atomic mass is 9.58. The molecule has 0 amide bonds. The van der Waals surface area contributed by atoms with Crippen molar-refractivity contribution in [3.8, 4) is 0 Å². The van der Waals surface area contributed by atoms with Crippen molar-refractivity contribution >= 4 is 5.78 Å². The molecule has 2 saturated carbocycles. The van der Waals surface area contributed by atoms with E-state index in [0.717, 1.165) is 18.8 Å². The zero-order chi connectivity index (χ0) is 11.1. The van der Waals surface area contributed by atoms with E-state index >= 15 is 0 Å². The Bertz CT molecular complexity index is 249. The quantitative estimate of drug-likeness (QED) is 0.591. The second kappa shape index (κ2) is 3.92. The number of rotatable bonds is 0. The molecule has 0 aromatic rings. The zero-order valence-corrected chi connectivity index (χ0v) is 10.4. The van der Waals surface area contributed by atoms with E-state index in [2.05, 4.69) is 20.8 Å². The van der Waals surface area contributed by atoms with E-state index in [4.69, 9.17) is 0 Å². The molecule has 0 aliphatic heterocycles. The van der Waals surface area contributed by atoms with Crippen molar-refractivity contribution in [2.45, 2.75) is 59.3 Å². The third kappa shape index (κ3) is 2.11. The molecule has 0 bridgehead atoms. The summed E-state index contributed by atoms with van der Waals surface area (Å²) in [6.07, 6.45) is 7.10. The first kappa shape index (κ1) is 11.2. The topological polar surface area (TPSA) is 17.1 Å². The third-order valence-electron chi connectivity index (χ3n) is 4.56. The lowest BCUT2D eigenvalue weighted by Crippen LogP contribution is -2.42. The highest BCUT2D eigenvalue weighted by molar-refractivity contribution is 5.82. The average molecular weight is 208 g/mol. The first-order chi connectivity index (χ1) is 7.00. The van der Waals surface area contributed by atoms with E-state index in [1.165, 1.54) is 25.7 Å². The van der Waals surface area contributed by atoms with E-state index < -0.39 is 0 Å². The minimum Gasteiger partial charge on any atom is -0.299 e. The molecule has 0 aromatic heterocycles. The normalized spacial score (nSPS) is 37.5. The van der Waals surface area contributed by atoms with Gasteiger partial charge in [-0.3, -0.25) is 4.79 Å². The van der Waals surface area contributed by atoms with Crippen LogP contribution in [0.4, 0.5) is 0 Å². The van der Waals surface area contributed by atoms with Gasteiger partial charge in [-0.2, -0.15) is 0 Å². The summed E-state index contributed by atoms with van der Waals surface area (Å²) in [6, 6.07) is 0. The van der Waals surface area contributed by atoms with Crippen LogP contribution in [0.2, 0.25) is 0 Å². The van der Waals surface area contributed by atoms with Crippen LogP contribution in [-0.2, 0) is 4.79 Å². The number of carbonyl (C=O) groups excluding carboxylic acids is 1. The summed E-state index contributed by atoms with van der Waals surface area (Å²) < 4.78 is 0. The van der Waals surface area contributed by atoms with E-state index in [-0.39, 0.29) is 0 Å². The number of Topliss-reactive ketones (excluding diaryl/α,β-unsaturated/α-hetero) is 1. The highest BCUT2D eigenvalue weighted by Gasteiger charge is 2.43. The van der Waals surface area contributed by atoms with Crippen LogP contribution >= 0.6 is 0 Å². The van der Waals surface area contributed by atoms with Crippen LogP contribution in [0.3, 0.4) is 0 Å². The van der Waals surface area contributed by atoms with Gasteiger partial charge in [0.05, 0.1) is 0 Å². The minimum atomic E-state index is 0.390. The van der Waals surface area contributed by atoms with Crippen LogP contribution in [-0.4, -0.2) is 5.78 Å². The lowest BCUT2D eigenvalue weighted by molar-refractivity contribution is -0.132. The Labute approximate surface area is 93.6 Å². The van der Waals surface area contributed by atoms with Gasteiger partial charge in [-0.25, -0.2) is 0 Å². The average Bonchev–Trinajstić information content (AvgIpc) is 2.17. The van der Waals surface area contributed by atoms with Crippen molar-refractivity contribution in [1.29, 1.82) is 0 Å². The van der Waals surface area contributed by atoms with E-state index in [1.54, 1.807) is 0 Å². The van der Waals surface area contributed by atoms with Gasteiger partial charge in [-0.1, -0.05) is 33.6 Å². The summed E-state index contributed by atoms with van der Waals surface area (Å²) >= 11 is 0. The third-order valence-corrected chi connectivity index (χ3v) is 4.56. The fraction of sp³-hybridized carbons (Fsp3) is 0.929. The number of hydrogen-bond donors (Lipinski definition) is 0. The second-order valence-electron chi connectivity index (χ2n) is 6.53. The molecule has 1 nitrogen and oxygen atoms in total. The molecular formula is C14H24O. The zero-order valence-electron chi connectivity index (χ0n) is 10.4. The SMILES string of the molecule is CC(C)(C)[C@H]1CCC(=O)[C@@H]2CCCC[C@@H]21. The molecule has 2 fully saturated rings. The number of fused-ring (bicyclic) bond motifs is 1. The Hall–Kier alpha value is -0.330. The summed E-state index contributed by atoms with van der Waals surface area (Å²) in [5.41, 5.74) is 0.390. The highest BCUT2D eigenvalue weighted by atomic mass is 16.1. The van der Waals surface area contributed by atoms with Gasteiger partial charge < -0.3 is 0 Å². The lowest BCUT2D eigenvalue weighted by Gasteiger charge is -2.46. The number of ketones is 1. The monoisotopic (exact) mass is 208 g/mol. The molecule has 15 heavy (non-hydrogen) atoms. The van der Waals surface area contributed by atoms with Gasteiger partial charge in [0.15, 0.2) is 0 Å². The van der Waals surface area contributed by atoms with E-state index in [0.29, 0.717) is 23.0 Å². The van der Waals surface area contributed by atoms with Gasteiger partial charge in [0.25, 0.3) is 0 Å².